The van der Waals surface area contributed by atoms with Crippen molar-refractivity contribution in [1.82, 2.24) is 4.98 Å². The van der Waals surface area contributed by atoms with E-state index in [0.717, 1.165) is 23.0 Å². The number of nitrogens with zero attached hydrogens (tertiary/aromatic N) is 1. The summed E-state index contributed by atoms with van der Waals surface area (Å²) in [6.07, 6.45) is 1.98. The summed E-state index contributed by atoms with van der Waals surface area (Å²) in [5, 5.41) is 4.87. The van der Waals surface area contributed by atoms with Crippen LogP contribution in [0.3, 0.4) is 0 Å². The van der Waals surface area contributed by atoms with Gasteiger partial charge in [-0.1, -0.05) is 23.7 Å². The predicted octanol–water partition coefficient (Wildman–Crippen LogP) is 3.93. The maximum Gasteiger partial charge on any atom is 0.182 e. The van der Waals surface area contributed by atoms with Crippen LogP contribution in [-0.4, -0.2) is 12.0 Å². The van der Waals surface area contributed by atoms with Crippen LogP contribution in [0.2, 0.25) is 5.02 Å². The summed E-state index contributed by atoms with van der Waals surface area (Å²) in [5.41, 5.74) is 2.49. The first-order valence-electron chi connectivity index (χ1n) is 5.57. The Morgan fingerprint density at radius 2 is 1.94 bits per heavy atom. The average Bonchev–Trinajstić information content (AvgIpc) is 2.69. The summed E-state index contributed by atoms with van der Waals surface area (Å²) in [7, 11) is 1.90. The van der Waals surface area contributed by atoms with Crippen LogP contribution in [0.4, 0.5) is 5.13 Å². The minimum absolute atomic E-state index is 0.788. The number of rotatable bonds is 4. The van der Waals surface area contributed by atoms with Crippen molar-refractivity contribution < 1.29 is 0 Å². The number of hydrogen-bond donors (Lipinski definition) is 1. The molecule has 17 heavy (non-hydrogen) atoms. The van der Waals surface area contributed by atoms with Crippen LogP contribution in [0, 0.1) is 6.92 Å². The summed E-state index contributed by atoms with van der Waals surface area (Å²) in [5.74, 6) is 0. The van der Waals surface area contributed by atoms with E-state index in [-0.39, 0.29) is 0 Å². The van der Waals surface area contributed by atoms with Gasteiger partial charge in [-0.15, -0.1) is 11.3 Å². The van der Waals surface area contributed by atoms with E-state index >= 15 is 0 Å². The molecule has 0 bridgehead atoms. The van der Waals surface area contributed by atoms with E-state index in [0.29, 0.717) is 0 Å². The first kappa shape index (κ1) is 12.4. The Bertz CT molecular complexity index is 491. The van der Waals surface area contributed by atoms with Crippen LogP contribution in [0.1, 0.15) is 16.1 Å². The molecule has 0 spiro atoms. The predicted molar refractivity (Wildman–Crippen MR) is 75.3 cm³/mol. The zero-order valence-electron chi connectivity index (χ0n) is 9.96. The Morgan fingerprint density at radius 3 is 2.53 bits per heavy atom. The largest absolute Gasteiger partial charge is 0.365 e. The topological polar surface area (TPSA) is 24.9 Å². The van der Waals surface area contributed by atoms with Crippen molar-refractivity contribution in [3.8, 4) is 0 Å². The van der Waals surface area contributed by atoms with Gasteiger partial charge in [-0.2, -0.15) is 0 Å². The number of anilines is 1. The zero-order valence-corrected chi connectivity index (χ0v) is 11.5. The standard InChI is InChI=1S/C13H15ClN2S/c1-9-12(16-13(15-2)17-9)8-5-10-3-6-11(14)7-4-10/h3-4,6-7H,5,8H2,1-2H3,(H,15,16). The minimum atomic E-state index is 0.788. The van der Waals surface area contributed by atoms with E-state index in [4.69, 9.17) is 11.6 Å². The smallest absolute Gasteiger partial charge is 0.182 e. The molecule has 0 saturated heterocycles. The lowest BCUT2D eigenvalue weighted by Gasteiger charge is -2.00. The number of benzene rings is 1. The van der Waals surface area contributed by atoms with E-state index in [1.807, 2.05) is 19.2 Å². The van der Waals surface area contributed by atoms with Gasteiger partial charge in [0.25, 0.3) is 0 Å². The van der Waals surface area contributed by atoms with E-state index in [1.54, 1.807) is 11.3 Å². The molecule has 1 aromatic carbocycles. The minimum Gasteiger partial charge on any atom is -0.365 e. The highest BCUT2D eigenvalue weighted by Gasteiger charge is 2.06. The van der Waals surface area contributed by atoms with Crippen LogP contribution in [0.25, 0.3) is 0 Å². The van der Waals surface area contributed by atoms with Gasteiger partial charge in [0.15, 0.2) is 5.13 Å². The van der Waals surface area contributed by atoms with Crippen LogP contribution in [-0.2, 0) is 12.8 Å². The van der Waals surface area contributed by atoms with Gasteiger partial charge in [0.05, 0.1) is 5.69 Å². The maximum atomic E-state index is 5.86. The molecule has 0 atom stereocenters. The second-order valence-corrected chi connectivity index (χ2v) is 5.54. The third-order valence-corrected chi connectivity index (χ3v) is 3.95. The van der Waals surface area contributed by atoms with Crippen molar-refractivity contribution >= 4 is 28.1 Å². The fourth-order valence-corrected chi connectivity index (χ4v) is 2.62. The van der Waals surface area contributed by atoms with Gasteiger partial charge in [-0.05, 0) is 37.5 Å². The lowest BCUT2D eigenvalue weighted by atomic mass is 10.1. The highest BCUT2D eigenvalue weighted by Crippen LogP contribution is 2.22. The SMILES string of the molecule is CNc1nc(CCc2ccc(Cl)cc2)c(C)s1. The Labute approximate surface area is 111 Å². The van der Waals surface area contributed by atoms with Gasteiger partial charge in [0.2, 0.25) is 0 Å². The second kappa shape index (κ2) is 5.52. The molecule has 0 fully saturated rings. The Kier molecular flexibility index (Phi) is 4.02. The van der Waals surface area contributed by atoms with Gasteiger partial charge in [0, 0.05) is 16.9 Å². The monoisotopic (exact) mass is 266 g/mol. The molecule has 1 heterocycles. The van der Waals surface area contributed by atoms with Crippen molar-refractivity contribution in [1.29, 1.82) is 0 Å². The van der Waals surface area contributed by atoms with E-state index in [1.165, 1.54) is 16.1 Å². The maximum absolute atomic E-state index is 5.86. The number of aryl methyl sites for hydroxylation is 3. The Hall–Kier alpha value is -1.06. The van der Waals surface area contributed by atoms with Gasteiger partial charge in [0.1, 0.15) is 0 Å². The van der Waals surface area contributed by atoms with Gasteiger partial charge >= 0.3 is 0 Å². The van der Waals surface area contributed by atoms with E-state index < -0.39 is 0 Å². The molecule has 0 aliphatic heterocycles. The molecule has 0 radical (unpaired) electrons. The molecule has 90 valence electrons. The molecular weight excluding hydrogens is 252 g/mol. The molecule has 2 aromatic rings. The molecule has 1 aromatic heterocycles. The van der Waals surface area contributed by atoms with Crippen LogP contribution < -0.4 is 5.32 Å². The fraction of sp³-hybridized carbons (Fsp3) is 0.308. The van der Waals surface area contributed by atoms with Crippen molar-refractivity contribution in [3.63, 3.8) is 0 Å². The Balaban J connectivity index is 2.01. The highest BCUT2D eigenvalue weighted by atomic mass is 35.5. The number of nitrogens with one attached hydrogen (secondary N) is 1. The van der Waals surface area contributed by atoms with Gasteiger partial charge in [-0.25, -0.2) is 4.98 Å². The van der Waals surface area contributed by atoms with Gasteiger partial charge in [-0.3, -0.25) is 0 Å². The lowest BCUT2D eigenvalue weighted by Crippen LogP contribution is -1.94. The molecule has 0 aliphatic carbocycles. The van der Waals surface area contributed by atoms with Crippen LogP contribution in [0.15, 0.2) is 24.3 Å². The number of thiazole rings is 1. The van der Waals surface area contributed by atoms with Crippen molar-refractivity contribution in [2.24, 2.45) is 0 Å². The summed E-state index contributed by atoms with van der Waals surface area (Å²) >= 11 is 7.57. The van der Waals surface area contributed by atoms with Gasteiger partial charge < -0.3 is 5.32 Å². The number of halogens is 1. The zero-order chi connectivity index (χ0) is 12.3. The fourth-order valence-electron chi connectivity index (χ4n) is 1.68. The third-order valence-electron chi connectivity index (χ3n) is 2.67. The summed E-state index contributed by atoms with van der Waals surface area (Å²) in [6, 6.07) is 8.01. The van der Waals surface area contributed by atoms with Crippen LogP contribution in [0.5, 0.6) is 0 Å². The Morgan fingerprint density at radius 1 is 1.24 bits per heavy atom. The highest BCUT2D eigenvalue weighted by molar-refractivity contribution is 7.15. The normalized spacial score (nSPS) is 10.5. The molecule has 0 unspecified atom stereocenters. The van der Waals surface area contributed by atoms with E-state index in [2.05, 4.69) is 29.4 Å². The summed E-state index contributed by atoms with van der Waals surface area (Å²) in [4.78, 5) is 5.84. The van der Waals surface area contributed by atoms with E-state index in [9.17, 15) is 0 Å². The molecule has 4 heteroatoms. The number of hydrogen-bond acceptors (Lipinski definition) is 3. The van der Waals surface area contributed by atoms with Crippen molar-refractivity contribution in [2.75, 3.05) is 12.4 Å². The molecule has 2 rings (SSSR count). The van der Waals surface area contributed by atoms with Crippen molar-refractivity contribution in [3.05, 3.63) is 45.4 Å². The lowest BCUT2D eigenvalue weighted by molar-refractivity contribution is 0.917. The molecule has 0 saturated carbocycles. The molecule has 0 amide bonds. The second-order valence-electron chi connectivity index (χ2n) is 3.90. The molecule has 1 N–H and O–H groups in total. The van der Waals surface area contributed by atoms with Crippen LogP contribution >= 0.6 is 22.9 Å². The first-order valence-corrected chi connectivity index (χ1v) is 6.77. The van der Waals surface area contributed by atoms with Crippen molar-refractivity contribution in [2.45, 2.75) is 19.8 Å². The third kappa shape index (κ3) is 3.20. The average molecular weight is 267 g/mol. The molecular formula is C13H15ClN2S. The summed E-state index contributed by atoms with van der Waals surface area (Å²) < 4.78 is 0. The first-order chi connectivity index (χ1) is 8.19. The quantitative estimate of drug-likeness (QED) is 0.907. The number of aromatic nitrogens is 1. The molecule has 0 aliphatic rings. The molecule has 2 nitrogen and oxygen atoms in total. The summed E-state index contributed by atoms with van der Waals surface area (Å²) in [6.45, 7) is 2.12.